The molecule has 0 atom stereocenters. The summed E-state index contributed by atoms with van der Waals surface area (Å²) in [6, 6.07) is 0. The van der Waals surface area contributed by atoms with E-state index in [1.54, 1.807) is 4.90 Å². The number of hydrogen-bond acceptors (Lipinski definition) is 4. The highest BCUT2D eigenvalue weighted by atomic mass is 16.3. The lowest BCUT2D eigenvalue weighted by Crippen LogP contribution is -2.39. The van der Waals surface area contributed by atoms with Crippen molar-refractivity contribution in [3.63, 3.8) is 0 Å². The molecule has 19 heavy (non-hydrogen) atoms. The highest BCUT2D eigenvalue weighted by molar-refractivity contribution is 6.09. The summed E-state index contributed by atoms with van der Waals surface area (Å²) < 4.78 is 5.36. The van der Waals surface area contributed by atoms with E-state index >= 15 is 0 Å². The Balaban J connectivity index is 1.86. The third-order valence-electron chi connectivity index (χ3n) is 3.79. The van der Waals surface area contributed by atoms with Crippen molar-refractivity contribution in [2.75, 3.05) is 13.1 Å². The number of piperidine rings is 1. The standard InChI is InChI=1S/C14H15NO4/c16-9-4-6-15(7-5-9)14(18)10-8-19-12-3-1-2-11(17)13(10)12/h8H,1-7H2. The molecular formula is C14H15NO4. The van der Waals surface area contributed by atoms with Crippen LogP contribution in [-0.4, -0.2) is 35.5 Å². The van der Waals surface area contributed by atoms with E-state index in [1.807, 2.05) is 0 Å². The van der Waals surface area contributed by atoms with E-state index in [-0.39, 0.29) is 17.5 Å². The quantitative estimate of drug-likeness (QED) is 0.770. The zero-order chi connectivity index (χ0) is 13.4. The highest BCUT2D eigenvalue weighted by Gasteiger charge is 2.31. The smallest absolute Gasteiger partial charge is 0.257 e. The summed E-state index contributed by atoms with van der Waals surface area (Å²) in [5.74, 6) is 0.626. The maximum absolute atomic E-state index is 12.4. The summed E-state index contributed by atoms with van der Waals surface area (Å²) in [5, 5.41) is 0. The average Bonchev–Trinajstić information content (AvgIpc) is 2.84. The van der Waals surface area contributed by atoms with Gasteiger partial charge in [-0.1, -0.05) is 0 Å². The van der Waals surface area contributed by atoms with Crippen molar-refractivity contribution in [3.8, 4) is 0 Å². The number of aryl methyl sites for hydroxylation is 1. The van der Waals surface area contributed by atoms with Crippen LogP contribution >= 0.6 is 0 Å². The Morgan fingerprint density at radius 2 is 1.84 bits per heavy atom. The maximum Gasteiger partial charge on any atom is 0.257 e. The van der Waals surface area contributed by atoms with E-state index in [4.69, 9.17) is 4.42 Å². The van der Waals surface area contributed by atoms with Gasteiger partial charge in [-0.05, 0) is 6.42 Å². The van der Waals surface area contributed by atoms with E-state index < -0.39 is 0 Å². The minimum atomic E-state index is -0.187. The first-order valence-corrected chi connectivity index (χ1v) is 6.61. The Hall–Kier alpha value is -1.91. The molecule has 100 valence electrons. The lowest BCUT2D eigenvalue weighted by atomic mass is 9.93. The molecule has 1 aromatic heterocycles. The topological polar surface area (TPSA) is 67.6 Å². The number of nitrogens with zero attached hydrogens (tertiary/aromatic N) is 1. The average molecular weight is 261 g/mol. The molecule has 0 radical (unpaired) electrons. The number of amides is 1. The Labute approximate surface area is 110 Å². The molecule has 0 saturated carbocycles. The molecule has 1 aliphatic carbocycles. The lowest BCUT2D eigenvalue weighted by molar-refractivity contribution is -0.120. The minimum Gasteiger partial charge on any atom is -0.468 e. The number of ketones is 2. The molecule has 5 nitrogen and oxygen atoms in total. The third-order valence-corrected chi connectivity index (χ3v) is 3.79. The Kier molecular flexibility index (Phi) is 2.97. The van der Waals surface area contributed by atoms with Gasteiger partial charge in [-0.2, -0.15) is 0 Å². The summed E-state index contributed by atoms with van der Waals surface area (Å²) in [6.07, 6.45) is 4.18. The van der Waals surface area contributed by atoms with Gasteiger partial charge < -0.3 is 9.32 Å². The summed E-state index contributed by atoms with van der Waals surface area (Å²) in [7, 11) is 0. The molecule has 0 bridgehead atoms. The van der Waals surface area contributed by atoms with Gasteiger partial charge in [0.1, 0.15) is 17.8 Å². The molecule has 0 spiro atoms. The molecule has 2 aliphatic rings. The van der Waals surface area contributed by atoms with Crippen LogP contribution in [-0.2, 0) is 11.2 Å². The molecule has 2 heterocycles. The van der Waals surface area contributed by atoms with Crippen LogP contribution in [0.4, 0.5) is 0 Å². The van der Waals surface area contributed by atoms with Gasteiger partial charge in [0.25, 0.3) is 5.91 Å². The lowest BCUT2D eigenvalue weighted by Gasteiger charge is -2.26. The zero-order valence-electron chi connectivity index (χ0n) is 10.6. The number of furan rings is 1. The number of carbonyl (C=O) groups is 3. The number of hydrogen-bond donors (Lipinski definition) is 0. The second-order valence-corrected chi connectivity index (χ2v) is 5.06. The Morgan fingerprint density at radius 3 is 2.58 bits per heavy atom. The van der Waals surface area contributed by atoms with Crippen LogP contribution in [0, 0.1) is 0 Å². The molecule has 1 fully saturated rings. The van der Waals surface area contributed by atoms with Crippen molar-refractivity contribution in [1.29, 1.82) is 0 Å². The predicted molar refractivity (Wildman–Crippen MR) is 66.1 cm³/mol. The van der Waals surface area contributed by atoms with Crippen LogP contribution < -0.4 is 0 Å². The number of fused-ring (bicyclic) bond motifs is 1. The van der Waals surface area contributed by atoms with Crippen LogP contribution in [0.15, 0.2) is 10.7 Å². The third kappa shape index (κ3) is 2.09. The molecule has 0 aromatic carbocycles. The Morgan fingerprint density at radius 1 is 1.11 bits per heavy atom. The van der Waals surface area contributed by atoms with Crippen LogP contribution in [0.3, 0.4) is 0 Å². The second-order valence-electron chi connectivity index (χ2n) is 5.06. The van der Waals surface area contributed by atoms with E-state index in [0.29, 0.717) is 55.7 Å². The fourth-order valence-electron chi connectivity index (χ4n) is 2.71. The summed E-state index contributed by atoms with van der Waals surface area (Å²) in [4.78, 5) is 37.1. The van der Waals surface area contributed by atoms with Crippen molar-refractivity contribution in [1.82, 2.24) is 4.90 Å². The number of rotatable bonds is 1. The van der Waals surface area contributed by atoms with Gasteiger partial charge in [0.2, 0.25) is 0 Å². The van der Waals surface area contributed by atoms with Gasteiger partial charge in [0.15, 0.2) is 5.78 Å². The van der Waals surface area contributed by atoms with Crippen LogP contribution in [0.2, 0.25) is 0 Å². The van der Waals surface area contributed by atoms with Gasteiger partial charge in [0, 0.05) is 38.8 Å². The van der Waals surface area contributed by atoms with Crippen molar-refractivity contribution in [3.05, 3.63) is 23.2 Å². The van der Waals surface area contributed by atoms with Crippen molar-refractivity contribution in [2.45, 2.75) is 32.1 Å². The molecule has 1 aliphatic heterocycles. The van der Waals surface area contributed by atoms with Gasteiger partial charge in [-0.3, -0.25) is 14.4 Å². The first kappa shape index (κ1) is 12.1. The normalized spacial score (nSPS) is 19.5. The fraction of sp³-hybridized carbons (Fsp3) is 0.500. The van der Waals surface area contributed by atoms with E-state index in [9.17, 15) is 14.4 Å². The number of carbonyl (C=O) groups excluding carboxylic acids is 3. The molecular weight excluding hydrogens is 246 g/mol. The van der Waals surface area contributed by atoms with Crippen LogP contribution in [0.1, 0.15) is 52.2 Å². The first-order valence-electron chi connectivity index (χ1n) is 6.61. The van der Waals surface area contributed by atoms with E-state index in [2.05, 4.69) is 0 Å². The van der Waals surface area contributed by atoms with Crippen molar-refractivity contribution >= 4 is 17.5 Å². The van der Waals surface area contributed by atoms with Crippen molar-refractivity contribution in [2.24, 2.45) is 0 Å². The minimum absolute atomic E-state index is 0.00793. The molecule has 1 aromatic rings. The van der Waals surface area contributed by atoms with Crippen LogP contribution in [0.5, 0.6) is 0 Å². The van der Waals surface area contributed by atoms with Gasteiger partial charge in [0.05, 0.1) is 11.1 Å². The molecule has 5 heteroatoms. The summed E-state index contributed by atoms with van der Waals surface area (Å²) >= 11 is 0. The fourth-order valence-corrected chi connectivity index (χ4v) is 2.71. The number of Topliss-reactive ketones (excluding diaryl/α,β-unsaturated/α-hetero) is 2. The molecule has 1 saturated heterocycles. The summed E-state index contributed by atoms with van der Waals surface area (Å²) in [6.45, 7) is 0.873. The second kappa shape index (κ2) is 4.64. The van der Waals surface area contributed by atoms with Crippen LogP contribution in [0.25, 0.3) is 0 Å². The highest BCUT2D eigenvalue weighted by Crippen LogP contribution is 2.27. The first-order chi connectivity index (χ1) is 9.16. The van der Waals surface area contributed by atoms with Gasteiger partial charge >= 0.3 is 0 Å². The monoisotopic (exact) mass is 261 g/mol. The van der Waals surface area contributed by atoms with E-state index in [1.165, 1.54) is 6.26 Å². The Bertz CT molecular complexity index is 548. The van der Waals surface area contributed by atoms with Gasteiger partial charge in [-0.15, -0.1) is 0 Å². The molecule has 3 rings (SSSR count). The predicted octanol–water partition coefficient (Wildman–Crippen LogP) is 1.60. The molecule has 0 unspecified atom stereocenters. The molecule has 0 N–H and O–H groups in total. The van der Waals surface area contributed by atoms with Crippen molar-refractivity contribution < 1.29 is 18.8 Å². The van der Waals surface area contributed by atoms with Gasteiger partial charge in [-0.25, -0.2) is 0 Å². The largest absolute Gasteiger partial charge is 0.468 e. The maximum atomic E-state index is 12.4. The number of likely N-dealkylation sites (tertiary alicyclic amines) is 1. The zero-order valence-corrected chi connectivity index (χ0v) is 10.6. The summed E-state index contributed by atoms with van der Waals surface area (Å²) in [5.41, 5.74) is 0.835. The molecule has 1 amide bonds. The van der Waals surface area contributed by atoms with E-state index in [0.717, 1.165) is 6.42 Å². The SMILES string of the molecule is O=C1CCN(C(=O)c2coc3c2C(=O)CCC3)CC1.